The Morgan fingerprint density at radius 1 is 1.21 bits per heavy atom. The molecule has 1 heterocycles. The van der Waals surface area contributed by atoms with E-state index in [1.807, 2.05) is 0 Å². The summed E-state index contributed by atoms with van der Waals surface area (Å²) >= 11 is 0. The fourth-order valence-electron chi connectivity index (χ4n) is 2.46. The van der Waals surface area contributed by atoms with Gasteiger partial charge < -0.3 is 15.8 Å². The van der Waals surface area contributed by atoms with Crippen LogP contribution in [0, 0.1) is 0 Å². The maximum Gasteiger partial charge on any atom is 0.361 e. The molecular weight excluding hydrogens is 314 g/mol. The van der Waals surface area contributed by atoms with Gasteiger partial charge in [-0.1, -0.05) is 19.3 Å². The molecule has 1 aromatic rings. The second-order valence-corrected chi connectivity index (χ2v) is 5.64. The van der Waals surface area contributed by atoms with Gasteiger partial charge in [0.2, 0.25) is 0 Å². The van der Waals surface area contributed by atoms with E-state index in [-0.39, 0.29) is 17.6 Å². The van der Waals surface area contributed by atoms with Crippen molar-refractivity contribution in [2.45, 2.75) is 51.2 Å². The molecule has 0 radical (unpaired) electrons. The second-order valence-electron chi connectivity index (χ2n) is 5.64. The largest absolute Gasteiger partial charge is 0.448 e. The number of hydrogen-bond acceptors (Lipinski definition) is 7. The first-order valence-electron chi connectivity index (χ1n) is 7.86. The minimum absolute atomic E-state index is 0.0730. The summed E-state index contributed by atoms with van der Waals surface area (Å²) < 4.78 is 4.96. The zero-order valence-corrected chi connectivity index (χ0v) is 13.4. The van der Waals surface area contributed by atoms with Crippen LogP contribution in [0.5, 0.6) is 0 Å². The van der Waals surface area contributed by atoms with Gasteiger partial charge in [-0.05, 0) is 19.8 Å². The smallest absolute Gasteiger partial charge is 0.361 e. The second kappa shape index (κ2) is 8.23. The van der Waals surface area contributed by atoms with Crippen molar-refractivity contribution >= 4 is 23.7 Å². The fraction of sp³-hybridized carbons (Fsp3) is 0.533. The molecule has 1 atom stereocenters. The molecule has 2 rings (SSSR count). The molecule has 1 saturated carbocycles. The summed E-state index contributed by atoms with van der Waals surface area (Å²) in [6.07, 6.45) is 6.54. The predicted molar refractivity (Wildman–Crippen MR) is 84.9 cm³/mol. The maximum atomic E-state index is 11.9. The zero-order valence-electron chi connectivity index (χ0n) is 13.4. The number of carbonyl (C=O) groups excluding carboxylic acids is 3. The van der Waals surface area contributed by atoms with Crippen LogP contribution in [-0.4, -0.2) is 40.0 Å². The molecule has 1 aromatic heterocycles. The number of carbonyl (C=O) groups is 3. The van der Waals surface area contributed by atoms with Crippen molar-refractivity contribution in [3.8, 4) is 0 Å². The lowest BCUT2D eigenvalue weighted by molar-refractivity contribution is -0.127. The number of anilines is 1. The molecule has 0 saturated heterocycles. The molecule has 24 heavy (non-hydrogen) atoms. The summed E-state index contributed by atoms with van der Waals surface area (Å²) in [6.45, 7) is 1.35. The minimum atomic E-state index is -1.17. The van der Waals surface area contributed by atoms with Crippen LogP contribution >= 0.6 is 0 Å². The van der Waals surface area contributed by atoms with E-state index < -0.39 is 24.0 Å². The molecule has 0 spiro atoms. The van der Waals surface area contributed by atoms with Crippen LogP contribution in [0.25, 0.3) is 0 Å². The van der Waals surface area contributed by atoms with E-state index in [4.69, 9.17) is 10.5 Å². The van der Waals surface area contributed by atoms with E-state index in [9.17, 15) is 14.4 Å². The normalized spacial score (nSPS) is 16.0. The van der Waals surface area contributed by atoms with Gasteiger partial charge >= 0.3 is 12.0 Å². The third kappa shape index (κ3) is 4.90. The molecular formula is C15H21N5O4. The van der Waals surface area contributed by atoms with E-state index in [2.05, 4.69) is 20.6 Å². The maximum absolute atomic E-state index is 11.9. The molecule has 1 fully saturated rings. The Balaban J connectivity index is 1.82. The van der Waals surface area contributed by atoms with Gasteiger partial charge in [0.1, 0.15) is 0 Å². The minimum Gasteiger partial charge on any atom is -0.448 e. The number of esters is 1. The SMILES string of the molecule is CC(OC(=O)c1nccnc1N)C(=O)NC(=O)NC1CCCCC1. The van der Waals surface area contributed by atoms with Crippen molar-refractivity contribution in [3.05, 3.63) is 18.1 Å². The fourth-order valence-corrected chi connectivity index (χ4v) is 2.46. The van der Waals surface area contributed by atoms with Crippen molar-refractivity contribution in [1.82, 2.24) is 20.6 Å². The summed E-state index contributed by atoms with van der Waals surface area (Å²) in [5, 5.41) is 4.91. The van der Waals surface area contributed by atoms with Crippen molar-refractivity contribution in [1.29, 1.82) is 0 Å². The number of imide groups is 1. The lowest BCUT2D eigenvalue weighted by Crippen LogP contribution is -2.48. The first-order chi connectivity index (χ1) is 11.5. The van der Waals surface area contributed by atoms with Gasteiger partial charge in [0, 0.05) is 18.4 Å². The van der Waals surface area contributed by atoms with Crippen LogP contribution in [0.3, 0.4) is 0 Å². The molecule has 1 unspecified atom stereocenters. The Kier molecular flexibility index (Phi) is 6.05. The van der Waals surface area contributed by atoms with E-state index in [0.29, 0.717) is 0 Å². The van der Waals surface area contributed by atoms with Crippen molar-refractivity contribution < 1.29 is 19.1 Å². The van der Waals surface area contributed by atoms with Crippen LogP contribution in [0.2, 0.25) is 0 Å². The lowest BCUT2D eigenvalue weighted by atomic mass is 9.96. The van der Waals surface area contributed by atoms with Crippen LogP contribution in [0.15, 0.2) is 12.4 Å². The number of ether oxygens (including phenoxy) is 1. The van der Waals surface area contributed by atoms with Gasteiger partial charge in [-0.2, -0.15) is 0 Å². The number of rotatable bonds is 4. The third-order valence-corrected chi connectivity index (χ3v) is 3.75. The first kappa shape index (κ1) is 17.6. The van der Waals surface area contributed by atoms with Gasteiger partial charge in [-0.25, -0.2) is 19.6 Å². The van der Waals surface area contributed by atoms with Crippen LogP contribution < -0.4 is 16.4 Å². The van der Waals surface area contributed by atoms with E-state index in [1.165, 1.54) is 19.3 Å². The molecule has 9 nitrogen and oxygen atoms in total. The van der Waals surface area contributed by atoms with Crippen molar-refractivity contribution in [2.24, 2.45) is 0 Å². The monoisotopic (exact) mass is 335 g/mol. The van der Waals surface area contributed by atoms with Crippen LogP contribution in [0.1, 0.15) is 49.5 Å². The molecule has 4 N–H and O–H groups in total. The number of nitrogens with one attached hydrogen (secondary N) is 2. The number of nitrogen functional groups attached to an aromatic ring is 1. The summed E-state index contributed by atoms with van der Waals surface area (Å²) in [7, 11) is 0. The number of nitrogens with two attached hydrogens (primary N) is 1. The number of urea groups is 1. The molecule has 0 bridgehead atoms. The Hall–Kier alpha value is -2.71. The highest BCUT2D eigenvalue weighted by Crippen LogP contribution is 2.17. The first-order valence-corrected chi connectivity index (χ1v) is 7.86. The van der Waals surface area contributed by atoms with Gasteiger partial charge in [-0.3, -0.25) is 10.1 Å². The molecule has 0 aliphatic heterocycles. The average molecular weight is 335 g/mol. The zero-order chi connectivity index (χ0) is 17.5. The lowest BCUT2D eigenvalue weighted by Gasteiger charge is -2.23. The van der Waals surface area contributed by atoms with Gasteiger partial charge in [0.15, 0.2) is 17.6 Å². The van der Waals surface area contributed by atoms with Crippen LogP contribution in [0.4, 0.5) is 10.6 Å². The van der Waals surface area contributed by atoms with Crippen molar-refractivity contribution in [3.63, 3.8) is 0 Å². The third-order valence-electron chi connectivity index (χ3n) is 3.75. The van der Waals surface area contributed by atoms with E-state index in [0.717, 1.165) is 32.1 Å². The highest BCUT2D eigenvalue weighted by Gasteiger charge is 2.24. The molecule has 1 aliphatic rings. The van der Waals surface area contributed by atoms with E-state index in [1.54, 1.807) is 0 Å². The standard InChI is InChI=1S/C15H21N5O4/c1-9(24-14(22)11-12(16)18-8-7-17-11)13(21)20-15(23)19-10-5-3-2-4-6-10/h7-10H,2-6H2,1H3,(H2,16,18)(H2,19,20,21,23). The summed E-state index contributed by atoms with van der Waals surface area (Å²) in [4.78, 5) is 43.1. The number of aromatic nitrogens is 2. The van der Waals surface area contributed by atoms with Gasteiger partial charge in [0.25, 0.3) is 5.91 Å². The Bertz CT molecular complexity index is 616. The number of hydrogen-bond donors (Lipinski definition) is 3. The quantitative estimate of drug-likeness (QED) is 0.691. The summed E-state index contributed by atoms with van der Waals surface area (Å²) in [6, 6.07) is -0.516. The highest BCUT2D eigenvalue weighted by atomic mass is 16.5. The molecule has 130 valence electrons. The Morgan fingerprint density at radius 2 is 1.88 bits per heavy atom. The summed E-state index contributed by atoms with van der Waals surface area (Å²) in [5.74, 6) is -1.69. The predicted octanol–water partition coefficient (Wildman–Crippen LogP) is 0.763. The summed E-state index contributed by atoms with van der Waals surface area (Å²) in [5.41, 5.74) is 5.34. The Morgan fingerprint density at radius 3 is 2.54 bits per heavy atom. The molecule has 0 aromatic carbocycles. The molecule has 3 amide bonds. The topological polar surface area (TPSA) is 136 Å². The average Bonchev–Trinajstić information content (AvgIpc) is 2.55. The number of amides is 3. The van der Waals surface area contributed by atoms with Gasteiger partial charge in [-0.15, -0.1) is 0 Å². The number of nitrogens with zero attached hydrogens (tertiary/aromatic N) is 2. The van der Waals surface area contributed by atoms with Crippen molar-refractivity contribution in [2.75, 3.05) is 5.73 Å². The van der Waals surface area contributed by atoms with E-state index >= 15 is 0 Å². The Labute approximate surface area is 139 Å². The van der Waals surface area contributed by atoms with Gasteiger partial charge in [0.05, 0.1) is 0 Å². The van der Waals surface area contributed by atoms with Crippen LogP contribution in [-0.2, 0) is 9.53 Å². The molecule has 1 aliphatic carbocycles. The highest BCUT2D eigenvalue weighted by molar-refractivity contribution is 5.99. The molecule has 9 heteroatoms.